The molecule has 0 saturated heterocycles. The van der Waals surface area contributed by atoms with E-state index in [1.165, 1.54) is 0 Å². The van der Waals surface area contributed by atoms with Crippen molar-refractivity contribution >= 4 is 11.6 Å². The van der Waals surface area contributed by atoms with Crippen molar-refractivity contribution in [1.82, 2.24) is 4.98 Å². The number of hydrogen-bond donors (Lipinski definition) is 2. The van der Waals surface area contributed by atoms with Gasteiger partial charge in [0.15, 0.2) is 0 Å². The Morgan fingerprint density at radius 3 is 2.60 bits per heavy atom. The highest BCUT2D eigenvalue weighted by Crippen LogP contribution is 2.07. The van der Waals surface area contributed by atoms with Crippen LogP contribution in [-0.2, 0) is 4.79 Å². The highest BCUT2D eigenvalue weighted by molar-refractivity contribution is 5.94. The lowest BCUT2D eigenvalue weighted by molar-refractivity contribution is -0.117. The minimum atomic E-state index is -0.446. The van der Waals surface area contributed by atoms with Gasteiger partial charge in [-0.1, -0.05) is 13.8 Å². The highest BCUT2D eigenvalue weighted by atomic mass is 16.2. The van der Waals surface area contributed by atoms with Crippen molar-refractivity contribution in [3.05, 3.63) is 24.5 Å². The standard InChI is InChI=1S/C11H17N3O/c1-8(2)7-10(12)11(15)14-9-3-5-13-6-4-9/h3-6,8,10H,7,12H2,1-2H3,(H,13,14,15)/t10-/m0/s1. The minimum Gasteiger partial charge on any atom is -0.325 e. The quantitative estimate of drug-likeness (QED) is 0.784. The summed E-state index contributed by atoms with van der Waals surface area (Å²) in [5.74, 6) is 0.276. The number of carbonyl (C=O) groups excluding carboxylic acids is 1. The molecule has 1 atom stereocenters. The van der Waals surface area contributed by atoms with Crippen LogP contribution in [0.3, 0.4) is 0 Å². The van der Waals surface area contributed by atoms with Gasteiger partial charge in [0.25, 0.3) is 0 Å². The second kappa shape index (κ2) is 5.46. The van der Waals surface area contributed by atoms with E-state index >= 15 is 0 Å². The highest BCUT2D eigenvalue weighted by Gasteiger charge is 2.14. The average molecular weight is 207 g/mol. The average Bonchev–Trinajstić information content (AvgIpc) is 2.18. The van der Waals surface area contributed by atoms with Crippen LogP contribution in [-0.4, -0.2) is 16.9 Å². The first kappa shape index (κ1) is 11.7. The molecule has 4 nitrogen and oxygen atoms in total. The van der Waals surface area contributed by atoms with Crippen LogP contribution < -0.4 is 11.1 Å². The molecule has 0 unspecified atom stereocenters. The van der Waals surface area contributed by atoms with E-state index in [1.54, 1.807) is 24.5 Å². The largest absolute Gasteiger partial charge is 0.325 e. The number of hydrogen-bond acceptors (Lipinski definition) is 3. The topological polar surface area (TPSA) is 68.0 Å². The fourth-order valence-electron chi connectivity index (χ4n) is 1.29. The van der Waals surface area contributed by atoms with Crippen molar-refractivity contribution in [3.8, 4) is 0 Å². The lowest BCUT2D eigenvalue weighted by atomic mass is 10.0. The number of nitrogens with zero attached hydrogens (tertiary/aromatic N) is 1. The summed E-state index contributed by atoms with van der Waals surface area (Å²) in [5.41, 5.74) is 6.47. The molecule has 0 radical (unpaired) electrons. The zero-order valence-electron chi connectivity index (χ0n) is 9.10. The third-order valence-electron chi connectivity index (χ3n) is 2.01. The van der Waals surface area contributed by atoms with Crippen molar-refractivity contribution in [1.29, 1.82) is 0 Å². The molecule has 0 aliphatic heterocycles. The molecule has 0 bridgehead atoms. The Kier molecular flexibility index (Phi) is 4.24. The van der Waals surface area contributed by atoms with Gasteiger partial charge in [-0.15, -0.1) is 0 Å². The first-order chi connectivity index (χ1) is 7.09. The number of aromatic nitrogens is 1. The van der Waals surface area contributed by atoms with Crippen LogP contribution in [0.25, 0.3) is 0 Å². The van der Waals surface area contributed by atoms with E-state index in [0.717, 1.165) is 5.69 Å². The summed E-state index contributed by atoms with van der Waals surface area (Å²) in [4.78, 5) is 15.5. The molecule has 1 heterocycles. The number of nitrogens with two attached hydrogens (primary N) is 1. The van der Waals surface area contributed by atoms with Crippen LogP contribution in [0.2, 0.25) is 0 Å². The molecule has 3 N–H and O–H groups in total. The number of carbonyl (C=O) groups is 1. The van der Waals surface area contributed by atoms with E-state index in [9.17, 15) is 4.79 Å². The molecule has 82 valence electrons. The van der Waals surface area contributed by atoms with E-state index < -0.39 is 6.04 Å². The van der Waals surface area contributed by atoms with Crippen LogP contribution in [0.1, 0.15) is 20.3 Å². The smallest absolute Gasteiger partial charge is 0.241 e. The Hall–Kier alpha value is -1.42. The summed E-state index contributed by atoms with van der Waals surface area (Å²) in [6.07, 6.45) is 3.95. The van der Waals surface area contributed by atoms with Crippen LogP contribution in [0.5, 0.6) is 0 Å². The molecule has 0 aliphatic carbocycles. The molecule has 0 aromatic carbocycles. The fourth-order valence-corrected chi connectivity index (χ4v) is 1.29. The van der Waals surface area contributed by atoms with E-state index in [1.807, 2.05) is 13.8 Å². The van der Waals surface area contributed by atoms with E-state index in [-0.39, 0.29) is 5.91 Å². The van der Waals surface area contributed by atoms with Gasteiger partial charge < -0.3 is 11.1 Å². The van der Waals surface area contributed by atoms with Crippen molar-refractivity contribution < 1.29 is 4.79 Å². The fraction of sp³-hybridized carbons (Fsp3) is 0.455. The maximum Gasteiger partial charge on any atom is 0.241 e. The zero-order valence-corrected chi connectivity index (χ0v) is 9.10. The van der Waals surface area contributed by atoms with Crippen molar-refractivity contribution in [2.24, 2.45) is 11.7 Å². The maximum absolute atomic E-state index is 11.6. The molecular formula is C11H17N3O. The van der Waals surface area contributed by atoms with Gasteiger partial charge in [-0.25, -0.2) is 0 Å². The molecular weight excluding hydrogens is 190 g/mol. The SMILES string of the molecule is CC(C)C[C@H](N)C(=O)Nc1ccncc1. The third kappa shape index (κ3) is 4.08. The first-order valence-electron chi connectivity index (χ1n) is 5.06. The first-order valence-corrected chi connectivity index (χ1v) is 5.06. The number of nitrogens with one attached hydrogen (secondary N) is 1. The Morgan fingerprint density at radius 1 is 1.47 bits per heavy atom. The molecule has 0 saturated carbocycles. The summed E-state index contributed by atoms with van der Waals surface area (Å²) < 4.78 is 0. The minimum absolute atomic E-state index is 0.144. The summed E-state index contributed by atoms with van der Waals surface area (Å²) in [6.45, 7) is 4.08. The molecule has 1 amide bonds. The summed E-state index contributed by atoms with van der Waals surface area (Å²) >= 11 is 0. The van der Waals surface area contributed by atoms with Crippen LogP contribution in [0, 0.1) is 5.92 Å². The summed E-state index contributed by atoms with van der Waals surface area (Å²) in [7, 11) is 0. The van der Waals surface area contributed by atoms with Gasteiger partial charge in [0.1, 0.15) is 0 Å². The molecule has 0 aliphatic rings. The molecule has 4 heteroatoms. The number of pyridine rings is 1. The van der Waals surface area contributed by atoms with Crippen molar-refractivity contribution in [2.75, 3.05) is 5.32 Å². The van der Waals surface area contributed by atoms with Crippen LogP contribution in [0.15, 0.2) is 24.5 Å². The molecule has 0 spiro atoms. The van der Waals surface area contributed by atoms with Gasteiger partial charge in [-0.3, -0.25) is 9.78 Å². The lowest BCUT2D eigenvalue weighted by Crippen LogP contribution is -2.36. The second-order valence-electron chi connectivity index (χ2n) is 3.96. The van der Waals surface area contributed by atoms with Crippen LogP contribution in [0.4, 0.5) is 5.69 Å². The van der Waals surface area contributed by atoms with Gasteiger partial charge in [0.2, 0.25) is 5.91 Å². The molecule has 1 aromatic heterocycles. The predicted octanol–water partition coefficient (Wildman–Crippen LogP) is 1.39. The molecule has 1 rings (SSSR count). The van der Waals surface area contributed by atoms with Gasteiger partial charge in [0, 0.05) is 18.1 Å². The van der Waals surface area contributed by atoms with E-state index in [4.69, 9.17) is 5.73 Å². The van der Waals surface area contributed by atoms with E-state index in [0.29, 0.717) is 12.3 Å². The van der Waals surface area contributed by atoms with Gasteiger partial charge in [0.05, 0.1) is 6.04 Å². The van der Waals surface area contributed by atoms with Crippen molar-refractivity contribution in [3.63, 3.8) is 0 Å². The molecule has 0 fully saturated rings. The molecule has 15 heavy (non-hydrogen) atoms. The van der Waals surface area contributed by atoms with Gasteiger partial charge in [-0.2, -0.15) is 0 Å². The number of rotatable bonds is 4. The number of anilines is 1. The normalized spacial score (nSPS) is 12.5. The third-order valence-corrected chi connectivity index (χ3v) is 2.01. The number of amides is 1. The van der Waals surface area contributed by atoms with E-state index in [2.05, 4.69) is 10.3 Å². The monoisotopic (exact) mass is 207 g/mol. The van der Waals surface area contributed by atoms with Gasteiger partial charge in [-0.05, 0) is 24.5 Å². The molecule has 1 aromatic rings. The Bertz CT molecular complexity index is 311. The lowest BCUT2D eigenvalue weighted by Gasteiger charge is -2.13. The zero-order chi connectivity index (χ0) is 11.3. The summed E-state index contributed by atoms with van der Waals surface area (Å²) in [5, 5.41) is 2.74. The van der Waals surface area contributed by atoms with Crippen LogP contribution >= 0.6 is 0 Å². The Morgan fingerprint density at radius 2 is 2.07 bits per heavy atom. The Labute approximate surface area is 89.9 Å². The summed E-state index contributed by atoms with van der Waals surface area (Å²) in [6, 6.07) is 3.03. The Balaban J connectivity index is 2.49. The van der Waals surface area contributed by atoms with Crippen molar-refractivity contribution in [2.45, 2.75) is 26.3 Å². The maximum atomic E-state index is 11.6. The predicted molar refractivity (Wildman–Crippen MR) is 60.3 cm³/mol. The second-order valence-corrected chi connectivity index (χ2v) is 3.96. The van der Waals surface area contributed by atoms with Gasteiger partial charge >= 0.3 is 0 Å².